The van der Waals surface area contributed by atoms with Crippen molar-refractivity contribution in [3.8, 4) is 0 Å². The van der Waals surface area contributed by atoms with Crippen LogP contribution in [0.5, 0.6) is 0 Å². The Kier molecular flexibility index (Phi) is 4.26. The van der Waals surface area contributed by atoms with Crippen molar-refractivity contribution in [3.63, 3.8) is 0 Å². The molecule has 0 unspecified atom stereocenters. The van der Waals surface area contributed by atoms with E-state index in [1.807, 2.05) is 12.1 Å². The maximum Gasteiger partial charge on any atom is 0.184 e. The summed E-state index contributed by atoms with van der Waals surface area (Å²) in [5.41, 5.74) is 2.43. The number of carbonyl (C=O) groups is 1. The zero-order chi connectivity index (χ0) is 14.0. The number of aryl methyl sites for hydroxylation is 1. The lowest BCUT2D eigenvalue weighted by atomic mass is 9.91. The molecule has 0 aliphatic heterocycles. The highest BCUT2D eigenvalue weighted by atomic mass is 28.4. The fourth-order valence-electron chi connectivity index (χ4n) is 2.81. The summed E-state index contributed by atoms with van der Waals surface area (Å²) in [6, 6.07) is 8.31. The Morgan fingerprint density at radius 1 is 1.26 bits per heavy atom. The predicted molar refractivity (Wildman–Crippen MR) is 80.7 cm³/mol. The van der Waals surface area contributed by atoms with Gasteiger partial charge >= 0.3 is 0 Å². The van der Waals surface area contributed by atoms with Gasteiger partial charge < -0.3 is 4.43 Å². The van der Waals surface area contributed by atoms with Gasteiger partial charge in [-0.1, -0.05) is 24.3 Å². The first kappa shape index (κ1) is 14.5. The number of benzene rings is 1. The van der Waals surface area contributed by atoms with Gasteiger partial charge in [0.05, 0.1) is 6.10 Å². The molecule has 1 aliphatic carbocycles. The van der Waals surface area contributed by atoms with Gasteiger partial charge in [0.25, 0.3) is 0 Å². The number of hydrogen-bond acceptors (Lipinski definition) is 2. The minimum absolute atomic E-state index is 0.0390. The molecule has 0 aromatic heterocycles. The Balaban J connectivity index is 2.34. The Hall–Kier alpha value is -0.933. The van der Waals surface area contributed by atoms with Crippen molar-refractivity contribution in [2.45, 2.75) is 51.9 Å². The standard InChI is InChI=1S/C16H24O2Si/c1-12-8-5-6-9-13(12)16(18-19(2,3)4)14-10-7-11-15(14)17/h5-6,8-9,14,16H,7,10-11H2,1-4H3/t14-,16-/m0/s1. The van der Waals surface area contributed by atoms with Crippen LogP contribution in [0.1, 0.15) is 36.5 Å². The fourth-order valence-corrected chi connectivity index (χ4v) is 3.87. The van der Waals surface area contributed by atoms with Crippen LogP contribution in [-0.4, -0.2) is 14.1 Å². The quantitative estimate of drug-likeness (QED) is 0.768. The first-order valence-corrected chi connectivity index (χ1v) is 10.6. The molecule has 0 saturated heterocycles. The third-order valence-electron chi connectivity index (χ3n) is 3.69. The van der Waals surface area contributed by atoms with Gasteiger partial charge in [-0.15, -0.1) is 0 Å². The van der Waals surface area contributed by atoms with E-state index in [2.05, 4.69) is 38.7 Å². The van der Waals surface area contributed by atoms with Crippen LogP contribution >= 0.6 is 0 Å². The molecule has 104 valence electrons. The second-order valence-electron chi connectivity index (χ2n) is 6.47. The molecule has 1 saturated carbocycles. The van der Waals surface area contributed by atoms with Crippen molar-refractivity contribution in [3.05, 3.63) is 35.4 Å². The second kappa shape index (κ2) is 5.59. The SMILES string of the molecule is Cc1ccccc1[C@H](O[Si](C)(C)C)[C@H]1CCCC1=O. The molecule has 0 spiro atoms. The summed E-state index contributed by atoms with van der Waals surface area (Å²) < 4.78 is 6.38. The summed E-state index contributed by atoms with van der Waals surface area (Å²) in [4.78, 5) is 12.1. The van der Waals surface area contributed by atoms with E-state index < -0.39 is 8.32 Å². The molecule has 0 heterocycles. The van der Waals surface area contributed by atoms with Crippen LogP contribution in [0.3, 0.4) is 0 Å². The third-order valence-corrected chi connectivity index (χ3v) is 4.65. The van der Waals surface area contributed by atoms with Gasteiger partial charge in [0.1, 0.15) is 5.78 Å². The predicted octanol–water partition coefficient (Wildman–Crippen LogP) is 4.26. The average molecular weight is 276 g/mol. The van der Waals surface area contributed by atoms with E-state index in [9.17, 15) is 4.79 Å². The molecule has 19 heavy (non-hydrogen) atoms. The lowest BCUT2D eigenvalue weighted by molar-refractivity contribution is -0.123. The molecular weight excluding hydrogens is 252 g/mol. The van der Waals surface area contributed by atoms with Gasteiger partial charge in [-0.3, -0.25) is 4.79 Å². The summed E-state index contributed by atoms with van der Waals surface area (Å²) >= 11 is 0. The number of ketones is 1. The molecule has 0 radical (unpaired) electrons. The van der Waals surface area contributed by atoms with Gasteiger partial charge in [-0.25, -0.2) is 0 Å². The van der Waals surface area contributed by atoms with Crippen LogP contribution in [0.2, 0.25) is 19.6 Å². The van der Waals surface area contributed by atoms with Gasteiger partial charge in [-0.2, -0.15) is 0 Å². The van der Waals surface area contributed by atoms with Crippen molar-refractivity contribution in [2.24, 2.45) is 5.92 Å². The zero-order valence-electron chi connectivity index (χ0n) is 12.4. The lowest BCUT2D eigenvalue weighted by Gasteiger charge is -2.31. The number of Topliss-reactive ketones (excluding diaryl/α,β-unsaturated/α-hetero) is 1. The fraction of sp³-hybridized carbons (Fsp3) is 0.562. The van der Waals surface area contributed by atoms with Gasteiger partial charge in [0.15, 0.2) is 8.32 Å². The molecule has 3 heteroatoms. The van der Waals surface area contributed by atoms with Crippen molar-refractivity contribution < 1.29 is 9.22 Å². The van der Waals surface area contributed by atoms with E-state index in [4.69, 9.17) is 4.43 Å². The Morgan fingerprint density at radius 2 is 1.95 bits per heavy atom. The largest absolute Gasteiger partial charge is 0.410 e. The summed E-state index contributed by atoms with van der Waals surface area (Å²) in [5.74, 6) is 0.444. The maximum atomic E-state index is 12.1. The first-order chi connectivity index (χ1) is 8.88. The maximum absolute atomic E-state index is 12.1. The molecule has 1 aromatic carbocycles. The number of carbonyl (C=O) groups excluding carboxylic acids is 1. The Morgan fingerprint density at radius 3 is 2.47 bits per heavy atom. The van der Waals surface area contributed by atoms with Crippen molar-refractivity contribution >= 4 is 14.1 Å². The van der Waals surface area contributed by atoms with Gasteiger partial charge in [0, 0.05) is 12.3 Å². The van der Waals surface area contributed by atoms with Crippen LogP contribution in [-0.2, 0) is 9.22 Å². The third kappa shape index (κ3) is 3.54. The smallest absolute Gasteiger partial charge is 0.184 e. The van der Waals surface area contributed by atoms with Crippen LogP contribution in [0.15, 0.2) is 24.3 Å². The normalized spacial score (nSPS) is 21.7. The highest BCUT2D eigenvalue weighted by Crippen LogP contribution is 2.38. The second-order valence-corrected chi connectivity index (χ2v) is 10.9. The van der Waals surface area contributed by atoms with E-state index in [0.29, 0.717) is 5.78 Å². The van der Waals surface area contributed by atoms with E-state index in [1.54, 1.807) is 0 Å². The van der Waals surface area contributed by atoms with Gasteiger partial charge in [0.2, 0.25) is 0 Å². The van der Waals surface area contributed by atoms with Crippen molar-refractivity contribution in [1.29, 1.82) is 0 Å². The van der Waals surface area contributed by atoms with E-state index in [0.717, 1.165) is 19.3 Å². The summed E-state index contributed by atoms with van der Waals surface area (Å²) in [6.07, 6.45) is 2.67. The minimum Gasteiger partial charge on any atom is -0.410 e. The molecule has 1 fully saturated rings. The average Bonchev–Trinajstić information content (AvgIpc) is 2.72. The summed E-state index contributed by atoms with van der Waals surface area (Å²) in [7, 11) is -1.68. The topological polar surface area (TPSA) is 26.3 Å². The van der Waals surface area contributed by atoms with Crippen LogP contribution in [0, 0.1) is 12.8 Å². The molecule has 0 N–H and O–H groups in total. The molecule has 0 bridgehead atoms. The molecule has 2 atom stereocenters. The molecule has 0 amide bonds. The molecule has 1 aliphatic rings. The molecule has 2 rings (SSSR count). The van der Waals surface area contributed by atoms with Crippen LogP contribution < -0.4 is 0 Å². The van der Waals surface area contributed by atoms with E-state index in [1.165, 1.54) is 11.1 Å². The monoisotopic (exact) mass is 276 g/mol. The Labute approximate surface area is 117 Å². The number of rotatable bonds is 4. The molecule has 2 nitrogen and oxygen atoms in total. The molecule has 1 aromatic rings. The Bertz CT molecular complexity index is 462. The van der Waals surface area contributed by atoms with Gasteiger partial charge in [-0.05, 0) is 50.5 Å². The van der Waals surface area contributed by atoms with E-state index >= 15 is 0 Å². The van der Waals surface area contributed by atoms with E-state index in [-0.39, 0.29) is 12.0 Å². The van der Waals surface area contributed by atoms with Crippen molar-refractivity contribution in [2.75, 3.05) is 0 Å². The summed E-state index contributed by atoms with van der Waals surface area (Å²) in [6.45, 7) is 8.68. The highest BCUT2D eigenvalue weighted by Gasteiger charge is 2.36. The zero-order valence-corrected chi connectivity index (χ0v) is 13.4. The first-order valence-electron chi connectivity index (χ1n) is 7.14. The lowest BCUT2D eigenvalue weighted by Crippen LogP contribution is -2.33. The molecular formula is C16H24O2Si. The summed E-state index contributed by atoms with van der Waals surface area (Å²) in [5, 5.41) is 0. The van der Waals surface area contributed by atoms with Crippen molar-refractivity contribution in [1.82, 2.24) is 0 Å². The number of hydrogen-bond donors (Lipinski definition) is 0. The van der Waals surface area contributed by atoms with Crippen LogP contribution in [0.4, 0.5) is 0 Å². The highest BCUT2D eigenvalue weighted by molar-refractivity contribution is 6.69. The van der Waals surface area contributed by atoms with Crippen LogP contribution in [0.25, 0.3) is 0 Å². The minimum atomic E-state index is -1.68.